The van der Waals surface area contributed by atoms with Crippen molar-refractivity contribution >= 4 is 33.0 Å². The molecule has 1 amide bonds. The highest BCUT2D eigenvalue weighted by molar-refractivity contribution is 7.91. The quantitative estimate of drug-likeness (QED) is 0.357. The molecule has 3 aromatic rings. The Morgan fingerprint density at radius 3 is 2.61 bits per heavy atom. The van der Waals surface area contributed by atoms with Gasteiger partial charge in [0, 0.05) is 16.9 Å². The van der Waals surface area contributed by atoms with E-state index in [0.717, 1.165) is 11.1 Å². The maximum absolute atomic E-state index is 13.3. The second kappa shape index (κ2) is 11.5. The highest BCUT2D eigenvalue weighted by atomic mass is 32.2. The SMILES string of the molecule is C#CCOc1ccc2c(c1)C(c1ccc(C(C)C)cc1)N=C(C(=O)Nc1cccc(S(=O)(=O)CCO)c1)N2. The predicted molar refractivity (Wildman–Crippen MR) is 148 cm³/mol. The summed E-state index contributed by atoms with van der Waals surface area (Å²) in [5.74, 6) is 2.57. The molecule has 38 heavy (non-hydrogen) atoms. The van der Waals surface area contributed by atoms with E-state index in [0.29, 0.717) is 23.0 Å². The van der Waals surface area contributed by atoms with Gasteiger partial charge >= 0.3 is 0 Å². The largest absolute Gasteiger partial charge is 0.481 e. The van der Waals surface area contributed by atoms with Crippen molar-refractivity contribution in [3.05, 3.63) is 83.4 Å². The third-order valence-corrected chi connectivity index (χ3v) is 7.79. The van der Waals surface area contributed by atoms with Gasteiger partial charge in [-0.1, -0.05) is 50.1 Å². The number of hydrogen-bond donors (Lipinski definition) is 3. The zero-order valence-electron chi connectivity index (χ0n) is 21.1. The highest BCUT2D eigenvalue weighted by Gasteiger charge is 2.27. The van der Waals surface area contributed by atoms with Crippen molar-refractivity contribution in [3.8, 4) is 18.1 Å². The number of rotatable bonds is 9. The topological polar surface area (TPSA) is 117 Å². The number of carbonyl (C=O) groups is 1. The molecule has 1 heterocycles. The summed E-state index contributed by atoms with van der Waals surface area (Å²) >= 11 is 0. The molecule has 3 N–H and O–H groups in total. The average molecular weight is 532 g/mol. The molecule has 3 aromatic carbocycles. The maximum atomic E-state index is 13.3. The number of ether oxygens (including phenoxy) is 1. The van der Waals surface area contributed by atoms with E-state index in [4.69, 9.17) is 21.3 Å². The molecule has 1 unspecified atom stereocenters. The van der Waals surface area contributed by atoms with Gasteiger partial charge in [0.1, 0.15) is 18.4 Å². The van der Waals surface area contributed by atoms with Crippen LogP contribution in [0.15, 0.2) is 76.6 Å². The van der Waals surface area contributed by atoms with Gasteiger partial charge in [0.25, 0.3) is 5.91 Å². The van der Waals surface area contributed by atoms with Gasteiger partial charge in [0.05, 0.1) is 17.3 Å². The summed E-state index contributed by atoms with van der Waals surface area (Å²) in [5, 5.41) is 14.9. The minimum absolute atomic E-state index is 0.0101. The number of aliphatic hydroxyl groups excluding tert-OH is 1. The fourth-order valence-corrected chi connectivity index (χ4v) is 5.15. The Balaban J connectivity index is 1.67. The van der Waals surface area contributed by atoms with E-state index >= 15 is 0 Å². The molecule has 196 valence electrons. The van der Waals surface area contributed by atoms with Crippen molar-refractivity contribution in [2.24, 2.45) is 4.99 Å². The first-order chi connectivity index (χ1) is 18.2. The van der Waals surface area contributed by atoms with E-state index < -0.39 is 34.1 Å². The van der Waals surface area contributed by atoms with Crippen LogP contribution >= 0.6 is 0 Å². The van der Waals surface area contributed by atoms with Gasteiger partial charge in [0.2, 0.25) is 0 Å². The molecule has 1 aliphatic heterocycles. The number of benzene rings is 3. The zero-order chi connectivity index (χ0) is 27.3. The molecular formula is C29H29N3O5S. The van der Waals surface area contributed by atoms with E-state index in [9.17, 15) is 13.2 Å². The number of nitrogens with zero attached hydrogens (tertiary/aromatic N) is 1. The molecule has 0 saturated heterocycles. The van der Waals surface area contributed by atoms with Crippen LogP contribution in [0, 0.1) is 12.3 Å². The number of aliphatic imine (C=N–C) groups is 1. The first-order valence-electron chi connectivity index (χ1n) is 12.1. The molecule has 0 fully saturated rings. The Hall–Kier alpha value is -4.13. The standard InChI is InChI=1S/C29H29N3O5S/c1-4-15-37-23-12-13-26-25(18-23)27(21-10-8-20(9-11-21)19(2)3)32-28(31-26)29(34)30-22-6-5-7-24(17-22)38(35,36)16-14-33/h1,5-13,17-19,27,33H,14-16H2,2-3H3,(H,30,34)(H,31,32). The van der Waals surface area contributed by atoms with Gasteiger partial charge in [0.15, 0.2) is 15.7 Å². The summed E-state index contributed by atoms with van der Waals surface area (Å²) in [7, 11) is -3.67. The number of amides is 1. The number of aliphatic hydroxyl groups is 1. The van der Waals surface area contributed by atoms with Crippen LogP contribution in [0.3, 0.4) is 0 Å². The average Bonchev–Trinajstić information content (AvgIpc) is 2.91. The molecule has 0 spiro atoms. The van der Waals surface area contributed by atoms with Crippen molar-refractivity contribution in [2.75, 3.05) is 29.6 Å². The number of fused-ring (bicyclic) bond motifs is 1. The second-order valence-corrected chi connectivity index (χ2v) is 11.2. The Bertz CT molecular complexity index is 1510. The number of terminal acetylenes is 1. The molecule has 1 atom stereocenters. The lowest BCUT2D eigenvalue weighted by Gasteiger charge is -2.26. The predicted octanol–water partition coefficient (Wildman–Crippen LogP) is 4.14. The van der Waals surface area contributed by atoms with Gasteiger partial charge in [-0.3, -0.25) is 9.79 Å². The maximum Gasteiger partial charge on any atom is 0.291 e. The Labute approximate surface area is 222 Å². The molecule has 0 saturated carbocycles. The van der Waals surface area contributed by atoms with Gasteiger partial charge in [-0.25, -0.2) is 8.42 Å². The Morgan fingerprint density at radius 1 is 1.16 bits per heavy atom. The molecule has 9 heteroatoms. The molecule has 0 aliphatic carbocycles. The Kier molecular flexibility index (Phi) is 8.15. The molecule has 4 rings (SSSR count). The zero-order valence-corrected chi connectivity index (χ0v) is 22.0. The van der Waals surface area contributed by atoms with Crippen LogP contribution in [-0.2, 0) is 14.6 Å². The summed E-state index contributed by atoms with van der Waals surface area (Å²) in [6.07, 6.45) is 5.34. The number of sulfone groups is 1. The molecule has 0 aromatic heterocycles. The number of anilines is 2. The smallest absolute Gasteiger partial charge is 0.291 e. The molecular weight excluding hydrogens is 502 g/mol. The van der Waals surface area contributed by atoms with Crippen molar-refractivity contribution in [1.82, 2.24) is 0 Å². The summed E-state index contributed by atoms with van der Waals surface area (Å²) in [6, 6.07) is 18.9. The van der Waals surface area contributed by atoms with Crippen LogP contribution < -0.4 is 15.4 Å². The fraction of sp³-hybridized carbons (Fsp3) is 0.241. The van der Waals surface area contributed by atoms with Crippen molar-refractivity contribution in [1.29, 1.82) is 0 Å². The molecule has 0 bridgehead atoms. The van der Waals surface area contributed by atoms with E-state index in [2.05, 4.69) is 30.4 Å². The summed E-state index contributed by atoms with van der Waals surface area (Å²) < 4.78 is 30.3. The molecule has 0 radical (unpaired) electrons. The van der Waals surface area contributed by atoms with E-state index in [-0.39, 0.29) is 17.3 Å². The van der Waals surface area contributed by atoms with Crippen LogP contribution in [0.5, 0.6) is 5.75 Å². The monoisotopic (exact) mass is 531 g/mol. The summed E-state index contributed by atoms with van der Waals surface area (Å²) in [6.45, 7) is 3.88. The normalized spacial score (nSPS) is 14.6. The van der Waals surface area contributed by atoms with Crippen LogP contribution in [0.25, 0.3) is 0 Å². The third kappa shape index (κ3) is 6.05. The van der Waals surface area contributed by atoms with E-state index in [1.165, 1.54) is 23.8 Å². The first kappa shape index (κ1) is 26.9. The lowest BCUT2D eigenvalue weighted by molar-refractivity contribution is -0.110. The third-order valence-electron chi connectivity index (χ3n) is 6.10. The van der Waals surface area contributed by atoms with E-state index in [1.807, 2.05) is 30.3 Å². The van der Waals surface area contributed by atoms with Gasteiger partial charge in [-0.2, -0.15) is 0 Å². The number of nitrogens with one attached hydrogen (secondary N) is 2. The van der Waals surface area contributed by atoms with Crippen LogP contribution in [0.2, 0.25) is 0 Å². The van der Waals surface area contributed by atoms with Gasteiger partial charge in [-0.15, -0.1) is 6.42 Å². The van der Waals surface area contributed by atoms with E-state index in [1.54, 1.807) is 18.2 Å². The summed E-state index contributed by atoms with van der Waals surface area (Å²) in [4.78, 5) is 18.0. The van der Waals surface area contributed by atoms with Crippen LogP contribution in [-0.4, -0.2) is 44.2 Å². The van der Waals surface area contributed by atoms with Crippen LogP contribution in [0.4, 0.5) is 11.4 Å². The number of amidine groups is 1. The highest BCUT2D eigenvalue weighted by Crippen LogP contribution is 2.38. The lowest BCUT2D eigenvalue weighted by atomic mass is 9.93. The van der Waals surface area contributed by atoms with Crippen molar-refractivity contribution in [2.45, 2.75) is 30.7 Å². The van der Waals surface area contributed by atoms with Gasteiger partial charge in [-0.05, 0) is 53.4 Å². The van der Waals surface area contributed by atoms with Gasteiger partial charge < -0.3 is 20.5 Å². The molecule has 1 aliphatic rings. The van der Waals surface area contributed by atoms with Crippen LogP contribution in [0.1, 0.15) is 42.5 Å². The first-order valence-corrected chi connectivity index (χ1v) is 13.8. The second-order valence-electron chi connectivity index (χ2n) is 9.09. The minimum Gasteiger partial charge on any atom is -0.481 e. The fourth-order valence-electron chi connectivity index (χ4n) is 4.08. The molecule has 8 nitrogen and oxygen atoms in total. The lowest BCUT2D eigenvalue weighted by Crippen LogP contribution is -2.33. The van der Waals surface area contributed by atoms with Crippen molar-refractivity contribution in [3.63, 3.8) is 0 Å². The number of hydrogen-bond acceptors (Lipinski definition) is 7. The van der Waals surface area contributed by atoms with Crippen molar-refractivity contribution < 1.29 is 23.1 Å². The minimum atomic E-state index is -3.67. The number of carbonyl (C=O) groups excluding carboxylic acids is 1. The Morgan fingerprint density at radius 2 is 1.92 bits per heavy atom. The summed E-state index contributed by atoms with van der Waals surface area (Å²) in [5.41, 5.74) is 3.89.